The van der Waals surface area contributed by atoms with Gasteiger partial charge in [0.15, 0.2) is 0 Å². The summed E-state index contributed by atoms with van der Waals surface area (Å²) in [4.78, 5) is 18.3. The zero-order valence-corrected chi connectivity index (χ0v) is 12.1. The fourth-order valence-corrected chi connectivity index (χ4v) is 3.63. The van der Waals surface area contributed by atoms with Crippen LogP contribution in [-0.4, -0.2) is 22.3 Å². The first-order valence-electron chi connectivity index (χ1n) is 7.85. The summed E-state index contributed by atoms with van der Waals surface area (Å²) in [7, 11) is 0. The zero-order valence-electron chi connectivity index (χ0n) is 12.1. The van der Waals surface area contributed by atoms with Crippen molar-refractivity contribution in [2.24, 2.45) is 5.92 Å². The molecule has 0 saturated heterocycles. The van der Waals surface area contributed by atoms with E-state index in [1.165, 1.54) is 22.2 Å². The average Bonchev–Trinajstić information content (AvgIpc) is 2.93. The predicted octanol–water partition coefficient (Wildman–Crippen LogP) is 3.41. The number of carbonyl (C=O) groups excluding carboxylic acids is 1. The van der Waals surface area contributed by atoms with E-state index in [1.807, 2.05) is 0 Å². The number of para-hydroxylation sites is 1. The van der Waals surface area contributed by atoms with Gasteiger partial charge in [-0.3, -0.25) is 4.79 Å². The third-order valence-corrected chi connectivity index (χ3v) is 4.81. The van der Waals surface area contributed by atoms with Crippen molar-refractivity contribution in [2.45, 2.75) is 32.2 Å². The Balaban J connectivity index is 1.61. The molecule has 3 nitrogen and oxygen atoms in total. The van der Waals surface area contributed by atoms with E-state index in [4.69, 9.17) is 0 Å². The number of benzene rings is 1. The second-order valence-electron chi connectivity index (χ2n) is 6.12. The summed E-state index contributed by atoms with van der Waals surface area (Å²) in [5, 5.41) is 1.27. The van der Waals surface area contributed by atoms with Crippen molar-refractivity contribution in [3.8, 4) is 0 Å². The third kappa shape index (κ3) is 2.17. The Morgan fingerprint density at radius 1 is 1.24 bits per heavy atom. The van der Waals surface area contributed by atoms with E-state index >= 15 is 0 Å². The first kappa shape index (κ1) is 12.7. The van der Waals surface area contributed by atoms with Gasteiger partial charge in [-0.05, 0) is 25.3 Å². The Morgan fingerprint density at radius 2 is 2.14 bits per heavy atom. The van der Waals surface area contributed by atoms with E-state index in [9.17, 15) is 4.79 Å². The van der Waals surface area contributed by atoms with Gasteiger partial charge in [0, 0.05) is 47.6 Å². The number of fused-ring (bicyclic) bond motifs is 3. The van der Waals surface area contributed by atoms with E-state index < -0.39 is 0 Å². The Kier molecular flexibility index (Phi) is 3.06. The number of carbonyl (C=O) groups is 1. The van der Waals surface area contributed by atoms with Crippen molar-refractivity contribution >= 4 is 16.8 Å². The normalized spacial score (nSPS) is 21.5. The summed E-state index contributed by atoms with van der Waals surface area (Å²) in [6, 6.07) is 8.40. The number of H-pyrrole nitrogens is 1. The van der Waals surface area contributed by atoms with Crippen LogP contribution in [0.3, 0.4) is 0 Å². The van der Waals surface area contributed by atoms with Crippen molar-refractivity contribution in [3.63, 3.8) is 0 Å². The maximum Gasteiger partial charge on any atom is 0.226 e. The maximum atomic E-state index is 12.7. The molecule has 108 valence electrons. The highest BCUT2D eigenvalue weighted by Crippen LogP contribution is 2.29. The number of nitrogens with zero attached hydrogens (tertiary/aromatic N) is 1. The molecule has 1 aromatic carbocycles. The predicted molar refractivity (Wildman–Crippen MR) is 83.9 cm³/mol. The molecule has 1 atom stereocenters. The summed E-state index contributed by atoms with van der Waals surface area (Å²) in [6.45, 7) is 1.61. The van der Waals surface area contributed by atoms with Crippen LogP contribution < -0.4 is 0 Å². The molecule has 0 radical (unpaired) electrons. The van der Waals surface area contributed by atoms with Crippen LogP contribution in [0.15, 0.2) is 36.4 Å². The molecule has 1 aliphatic heterocycles. The quantitative estimate of drug-likeness (QED) is 0.798. The molecule has 21 heavy (non-hydrogen) atoms. The second-order valence-corrected chi connectivity index (χ2v) is 6.12. The molecular formula is C18H20N2O. The molecule has 2 heterocycles. The van der Waals surface area contributed by atoms with Gasteiger partial charge in [0.1, 0.15) is 0 Å². The Labute approximate surface area is 124 Å². The highest BCUT2D eigenvalue weighted by molar-refractivity contribution is 5.86. The van der Waals surface area contributed by atoms with Crippen LogP contribution in [0.1, 0.15) is 30.5 Å². The summed E-state index contributed by atoms with van der Waals surface area (Å²) in [5.74, 6) is 0.539. The number of hydrogen-bond acceptors (Lipinski definition) is 1. The second kappa shape index (κ2) is 5.06. The largest absolute Gasteiger partial charge is 0.358 e. The molecule has 2 aliphatic rings. The van der Waals surface area contributed by atoms with E-state index in [-0.39, 0.29) is 5.92 Å². The first-order valence-corrected chi connectivity index (χ1v) is 7.85. The van der Waals surface area contributed by atoms with Crippen LogP contribution in [0, 0.1) is 5.92 Å². The maximum absolute atomic E-state index is 12.7. The molecule has 1 aromatic heterocycles. The molecule has 2 aromatic rings. The van der Waals surface area contributed by atoms with E-state index in [2.05, 4.69) is 46.3 Å². The fraction of sp³-hybridized carbons (Fsp3) is 0.389. The minimum Gasteiger partial charge on any atom is -0.358 e. The van der Waals surface area contributed by atoms with Crippen molar-refractivity contribution in [1.82, 2.24) is 9.88 Å². The van der Waals surface area contributed by atoms with Gasteiger partial charge in [0.25, 0.3) is 0 Å². The van der Waals surface area contributed by atoms with Crippen molar-refractivity contribution < 1.29 is 4.79 Å². The first-order chi connectivity index (χ1) is 10.3. The van der Waals surface area contributed by atoms with Gasteiger partial charge in [0.05, 0.1) is 0 Å². The number of hydrogen-bond donors (Lipinski definition) is 1. The summed E-state index contributed by atoms with van der Waals surface area (Å²) >= 11 is 0. The minimum atomic E-state index is 0.196. The van der Waals surface area contributed by atoms with Gasteiger partial charge in [-0.15, -0.1) is 0 Å². The molecule has 1 amide bonds. The minimum absolute atomic E-state index is 0.196. The summed E-state index contributed by atoms with van der Waals surface area (Å²) in [5.41, 5.74) is 3.82. The molecule has 4 rings (SSSR count). The Hall–Kier alpha value is -2.03. The van der Waals surface area contributed by atoms with Crippen LogP contribution in [0.25, 0.3) is 10.9 Å². The molecule has 1 aliphatic carbocycles. The molecule has 1 N–H and O–H groups in total. The third-order valence-electron chi connectivity index (χ3n) is 4.81. The number of aromatic nitrogens is 1. The fourth-order valence-electron chi connectivity index (χ4n) is 3.63. The molecule has 0 fully saturated rings. The van der Waals surface area contributed by atoms with Gasteiger partial charge in [-0.2, -0.15) is 0 Å². The Bertz CT molecular complexity index is 713. The molecule has 3 heteroatoms. The summed E-state index contributed by atoms with van der Waals surface area (Å²) in [6.07, 6.45) is 8.26. The Morgan fingerprint density at radius 3 is 3.00 bits per heavy atom. The smallest absolute Gasteiger partial charge is 0.226 e. The zero-order chi connectivity index (χ0) is 14.2. The van der Waals surface area contributed by atoms with Crippen molar-refractivity contribution in [2.75, 3.05) is 6.54 Å². The van der Waals surface area contributed by atoms with Gasteiger partial charge < -0.3 is 9.88 Å². The molecule has 0 saturated carbocycles. The van der Waals surface area contributed by atoms with Crippen molar-refractivity contribution in [3.05, 3.63) is 47.7 Å². The van der Waals surface area contributed by atoms with E-state index in [1.54, 1.807) is 0 Å². The van der Waals surface area contributed by atoms with E-state index in [0.29, 0.717) is 5.91 Å². The van der Waals surface area contributed by atoms with Crippen LogP contribution in [0.4, 0.5) is 0 Å². The van der Waals surface area contributed by atoms with Gasteiger partial charge in [0.2, 0.25) is 5.91 Å². The monoisotopic (exact) mass is 280 g/mol. The lowest BCUT2D eigenvalue weighted by molar-refractivity contribution is -0.136. The van der Waals surface area contributed by atoms with Crippen LogP contribution >= 0.6 is 0 Å². The standard InChI is InChI=1S/C18H20N2O/c21-18(13-6-2-1-3-7-13)20-11-10-17-15(12-20)14-8-4-5-9-16(14)19-17/h1-2,4-5,8-9,13,19H,3,6-7,10-12H2/t13-/m1/s1. The lowest BCUT2D eigenvalue weighted by Crippen LogP contribution is -2.39. The van der Waals surface area contributed by atoms with Gasteiger partial charge >= 0.3 is 0 Å². The van der Waals surface area contributed by atoms with Crippen LogP contribution in [0.5, 0.6) is 0 Å². The number of nitrogens with one attached hydrogen (secondary N) is 1. The van der Waals surface area contributed by atoms with Gasteiger partial charge in [-0.1, -0.05) is 30.4 Å². The number of rotatable bonds is 1. The van der Waals surface area contributed by atoms with Crippen LogP contribution in [0.2, 0.25) is 0 Å². The summed E-state index contributed by atoms with van der Waals surface area (Å²) < 4.78 is 0. The highest BCUT2D eigenvalue weighted by atomic mass is 16.2. The van der Waals surface area contributed by atoms with Gasteiger partial charge in [-0.25, -0.2) is 0 Å². The highest BCUT2D eigenvalue weighted by Gasteiger charge is 2.28. The molecule has 0 spiro atoms. The molecule has 0 unspecified atom stereocenters. The number of allylic oxidation sites excluding steroid dienone is 2. The lowest BCUT2D eigenvalue weighted by Gasteiger charge is -2.31. The lowest BCUT2D eigenvalue weighted by atomic mass is 9.92. The SMILES string of the molecule is O=C([C@@H]1CC=CCC1)N1CCc2[nH]c3ccccc3c2C1. The van der Waals surface area contributed by atoms with Crippen LogP contribution in [-0.2, 0) is 17.8 Å². The number of aromatic amines is 1. The molecular weight excluding hydrogens is 260 g/mol. The number of amides is 1. The van der Waals surface area contributed by atoms with E-state index in [0.717, 1.165) is 38.8 Å². The average molecular weight is 280 g/mol. The topological polar surface area (TPSA) is 36.1 Å². The molecule has 0 bridgehead atoms. The van der Waals surface area contributed by atoms with Crippen molar-refractivity contribution in [1.29, 1.82) is 0 Å².